The van der Waals surface area contributed by atoms with Crippen LogP contribution in [0.5, 0.6) is 11.5 Å². The number of hydrogen-bond donors (Lipinski definition) is 1. The molecule has 0 radical (unpaired) electrons. The fourth-order valence-electron chi connectivity index (χ4n) is 2.04. The van der Waals surface area contributed by atoms with Gasteiger partial charge in [0.05, 0.1) is 5.52 Å². The van der Waals surface area contributed by atoms with E-state index in [9.17, 15) is 9.90 Å². The highest BCUT2D eigenvalue weighted by Gasteiger charge is 2.13. The Bertz CT molecular complexity index is 827. The van der Waals surface area contributed by atoms with Crippen molar-refractivity contribution in [3.63, 3.8) is 0 Å². The summed E-state index contributed by atoms with van der Waals surface area (Å²) in [5, 5.41) is 10.1. The van der Waals surface area contributed by atoms with Crippen molar-refractivity contribution in [3.05, 3.63) is 64.8 Å². The summed E-state index contributed by atoms with van der Waals surface area (Å²) in [6.45, 7) is 0. The Kier molecular flexibility index (Phi) is 3.58. The molecule has 0 atom stereocenters. The predicted molar refractivity (Wildman–Crippen MR) is 82.9 cm³/mol. The molecular formula is C16H10BrNO3. The van der Waals surface area contributed by atoms with Crippen LogP contribution in [0.25, 0.3) is 10.9 Å². The van der Waals surface area contributed by atoms with Crippen LogP contribution in [0.3, 0.4) is 0 Å². The number of rotatable bonds is 3. The van der Waals surface area contributed by atoms with E-state index in [1.807, 2.05) is 24.3 Å². The summed E-state index contributed by atoms with van der Waals surface area (Å²) in [6, 6.07) is 14.1. The second-order valence-corrected chi connectivity index (χ2v) is 5.29. The summed E-state index contributed by atoms with van der Waals surface area (Å²) in [7, 11) is 0. The number of carbonyl (C=O) groups is 1. The third-order valence-corrected chi connectivity index (χ3v) is 3.49. The number of halogens is 1. The zero-order valence-corrected chi connectivity index (χ0v) is 12.4. The lowest BCUT2D eigenvalue weighted by Crippen LogP contribution is -2.00. The standard InChI is InChI=1S/C16H10BrNO3/c17-10-5-6-14(12(9-10)16(19)20)21-15-7-8-18-13-4-2-1-3-11(13)15/h1-9H,(H,19,20). The number of nitrogens with zero attached hydrogens (tertiary/aromatic N) is 1. The van der Waals surface area contributed by atoms with E-state index >= 15 is 0 Å². The number of carboxylic acids is 1. The van der Waals surface area contributed by atoms with Gasteiger partial charge < -0.3 is 9.84 Å². The smallest absolute Gasteiger partial charge is 0.339 e. The third kappa shape index (κ3) is 2.73. The van der Waals surface area contributed by atoms with Crippen LogP contribution < -0.4 is 4.74 Å². The molecule has 0 aliphatic rings. The zero-order valence-electron chi connectivity index (χ0n) is 10.8. The number of aromatic nitrogens is 1. The van der Waals surface area contributed by atoms with Gasteiger partial charge in [-0.1, -0.05) is 28.1 Å². The lowest BCUT2D eigenvalue weighted by atomic mass is 10.2. The molecule has 1 heterocycles. The quantitative estimate of drug-likeness (QED) is 0.761. The van der Waals surface area contributed by atoms with Crippen molar-refractivity contribution in [1.29, 1.82) is 0 Å². The van der Waals surface area contributed by atoms with Crippen LogP contribution >= 0.6 is 15.9 Å². The minimum Gasteiger partial charge on any atom is -0.478 e. The lowest BCUT2D eigenvalue weighted by molar-refractivity contribution is 0.0694. The van der Waals surface area contributed by atoms with E-state index in [1.54, 1.807) is 24.4 Å². The maximum Gasteiger partial charge on any atom is 0.339 e. The van der Waals surface area contributed by atoms with Gasteiger partial charge >= 0.3 is 5.97 Å². The first kappa shape index (κ1) is 13.6. The summed E-state index contributed by atoms with van der Waals surface area (Å²) in [6.07, 6.45) is 1.64. The molecule has 0 spiro atoms. The van der Waals surface area contributed by atoms with Crippen molar-refractivity contribution in [2.45, 2.75) is 0 Å². The van der Waals surface area contributed by atoms with Crippen LogP contribution in [-0.4, -0.2) is 16.1 Å². The van der Waals surface area contributed by atoms with Gasteiger partial charge in [0.2, 0.25) is 0 Å². The van der Waals surface area contributed by atoms with Gasteiger partial charge in [-0.05, 0) is 36.4 Å². The second-order valence-electron chi connectivity index (χ2n) is 4.37. The van der Waals surface area contributed by atoms with Crippen LogP contribution in [0.1, 0.15) is 10.4 Å². The van der Waals surface area contributed by atoms with Crippen LogP contribution in [0.15, 0.2) is 59.2 Å². The van der Waals surface area contributed by atoms with Gasteiger partial charge in [0.25, 0.3) is 0 Å². The molecule has 3 aromatic rings. The number of pyridine rings is 1. The minimum absolute atomic E-state index is 0.102. The van der Waals surface area contributed by atoms with Gasteiger partial charge in [-0.2, -0.15) is 0 Å². The number of fused-ring (bicyclic) bond motifs is 1. The largest absolute Gasteiger partial charge is 0.478 e. The summed E-state index contributed by atoms with van der Waals surface area (Å²) in [5.74, 6) is -0.169. The van der Waals surface area contributed by atoms with Crippen molar-refractivity contribution >= 4 is 32.8 Å². The van der Waals surface area contributed by atoms with Crippen molar-refractivity contribution in [3.8, 4) is 11.5 Å². The Morgan fingerprint density at radius 3 is 2.71 bits per heavy atom. The summed E-state index contributed by atoms with van der Waals surface area (Å²) >= 11 is 3.26. The van der Waals surface area contributed by atoms with E-state index in [4.69, 9.17) is 4.74 Å². The molecule has 2 aromatic carbocycles. The van der Waals surface area contributed by atoms with Crippen molar-refractivity contribution in [2.75, 3.05) is 0 Å². The van der Waals surface area contributed by atoms with Crippen LogP contribution in [0, 0.1) is 0 Å². The molecule has 21 heavy (non-hydrogen) atoms. The maximum absolute atomic E-state index is 11.3. The molecule has 1 aromatic heterocycles. The fourth-order valence-corrected chi connectivity index (χ4v) is 2.40. The van der Waals surface area contributed by atoms with Gasteiger partial charge in [-0.15, -0.1) is 0 Å². The van der Waals surface area contributed by atoms with Gasteiger partial charge in [0, 0.05) is 16.1 Å². The molecular weight excluding hydrogens is 334 g/mol. The number of ether oxygens (including phenoxy) is 1. The highest BCUT2D eigenvalue weighted by molar-refractivity contribution is 9.10. The number of benzene rings is 2. The maximum atomic E-state index is 11.3. The summed E-state index contributed by atoms with van der Waals surface area (Å²) in [5.41, 5.74) is 0.897. The van der Waals surface area contributed by atoms with Crippen LogP contribution in [0.2, 0.25) is 0 Å². The first-order chi connectivity index (χ1) is 10.1. The van der Waals surface area contributed by atoms with Crippen LogP contribution in [0.4, 0.5) is 0 Å². The highest BCUT2D eigenvalue weighted by atomic mass is 79.9. The van der Waals surface area contributed by atoms with Gasteiger partial charge in [-0.25, -0.2) is 4.79 Å². The predicted octanol–water partition coefficient (Wildman–Crippen LogP) is 4.49. The summed E-state index contributed by atoms with van der Waals surface area (Å²) in [4.78, 5) is 15.6. The van der Waals surface area contributed by atoms with Gasteiger partial charge in [0.1, 0.15) is 17.1 Å². The van der Waals surface area contributed by atoms with Crippen molar-refractivity contribution in [2.24, 2.45) is 0 Å². The van der Waals surface area contributed by atoms with Crippen molar-refractivity contribution < 1.29 is 14.6 Å². The van der Waals surface area contributed by atoms with Crippen molar-refractivity contribution in [1.82, 2.24) is 4.98 Å². The normalized spacial score (nSPS) is 10.5. The number of para-hydroxylation sites is 1. The molecule has 104 valence electrons. The van der Waals surface area contributed by atoms with Crippen LogP contribution in [-0.2, 0) is 0 Å². The molecule has 0 saturated carbocycles. The van der Waals surface area contributed by atoms with E-state index in [0.717, 1.165) is 10.9 Å². The zero-order chi connectivity index (χ0) is 14.8. The Morgan fingerprint density at radius 1 is 1.10 bits per heavy atom. The topological polar surface area (TPSA) is 59.4 Å². The van der Waals surface area contributed by atoms with E-state index in [0.29, 0.717) is 16.0 Å². The second kappa shape index (κ2) is 5.54. The number of aromatic carboxylic acids is 1. The number of carboxylic acid groups (broad SMARTS) is 1. The molecule has 0 aliphatic heterocycles. The molecule has 1 N–H and O–H groups in total. The van der Waals surface area contributed by atoms with E-state index in [1.165, 1.54) is 6.07 Å². The molecule has 0 fully saturated rings. The first-order valence-corrected chi connectivity index (χ1v) is 6.99. The van der Waals surface area contributed by atoms with E-state index in [-0.39, 0.29) is 5.56 Å². The Labute approximate surface area is 129 Å². The molecule has 0 aliphatic carbocycles. The molecule has 0 amide bonds. The molecule has 0 bridgehead atoms. The lowest BCUT2D eigenvalue weighted by Gasteiger charge is -2.11. The fraction of sp³-hybridized carbons (Fsp3) is 0. The Morgan fingerprint density at radius 2 is 1.90 bits per heavy atom. The van der Waals surface area contributed by atoms with Gasteiger partial charge in [0.15, 0.2) is 0 Å². The SMILES string of the molecule is O=C(O)c1cc(Br)ccc1Oc1ccnc2ccccc12. The Hall–Kier alpha value is -2.40. The molecule has 0 unspecified atom stereocenters. The molecule has 4 nitrogen and oxygen atoms in total. The van der Waals surface area contributed by atoms with E-state index in [2.05, 4.69) is 20.9 Å². The summed E-state index contributed by atoms with van der Waals surface area (Å²) < 4.78 is 6.48. The van der Waals surface area contributed by atoms with E-state index < -0.39 is 5.97 Å². The third-order valence-electron chi connectivity index (χ3n) is 3.00. The van der Waals surface area contributed by atoms with Gasteiger partial charge in [-0.3, -0.25) is 4.98 Å². The molecule has 3 rings (SSSR count). The highest BCUT2D eigenvalue weighted by Crippen LogP contribution is 2.32. The Balaban J connectivity index is 2.09. The monoisotopic (exact) mass is 343 g/mol. The average Bonchev–Trinajstić information content (AvgIpc) is 2.49. The molecule has 5 heteroatoms. The average molecular weight is 344 g/mol. The number of hydrogen-bond acceptors (Lipinski definition) is 3. The first-order valence-electron chi connectivity index (χ1n) is 6.19. The molecule has 0 saturated heterocycles. The minimum atomic E-state index is -1.04.